The SMILES string of the molecule is COc1ccc(/C=C/C(=O)C=C(Cl)Cl)cc1. The molecule has 16 heavy (non-hydrogen) atoms. The van der Waals surface area contributed by atoms with Crippen molar-refractivity contribution in [3.8, 4) is 5.75 Å². The summed E-state index contributed by atoms with van der Waals surface area (Å²) in [5.74, 6) is 0.517. The van der Waals surface area contributed by atoms with Gasteiger partial charge in [-0.1, -0.05) is 41.4 Å². The summed E-state index contributed by atoms with van der Waals surface area (Å²) in [4.78, 5) is 11.2. The second-order valence-electron chi connectivity index (χ2n) is 2.94. The van der Waals surface area contributed by atoms with E-state index in [0.29, 0.717) is 0 Å². The third-order valence-corrected chi connectivity index (χ3v) is 2.03. The van der Waals surface area contributed by atoms with Gasteiger partial charge in [0.2, 0.25) is 0 Å². The molecule has 1 rings (SSSR count). The predicted molar refractivity (Wildman–Crippen MR) is 66.8 cm³/mol. The van der Waals surface area contributed by atoms with Gasteiger partial charge in [-0.15, -0.1) is 0 Å². The van der Waals surface area contributed by atoms with Crippen LogP contribution in [0.15, 0.2) is 40.9 Å². The highest BCUT2D eigenvalue weighted by Gasteiger charge is 1.94. The Hall–Kier alpha value is -1.25. The van der Waals surface area contributed by atoms with Crippen molar-refractivity contribution in [1.82, 2.24) is 0 Å². The minimum atomic E-state index is -0.254. The Morgan fingerprint density at radius 1 is 1.25 bits per heavy atom. The van der Waals surface area contributed by atoms with Gasteiger partial charge in [0.15, 0.2) is 5.78 Å². The fourth-order valence-corrected chi connectivity index (χ4v) is 1.26. The molecule has 0 spiro atoms. The number of rotatable bonds is 4. The van der Waals surface area contributed by atoms with Crippen molar-refractivity contribution in [2.45, 2.75) is 0 Å². The largest absolute Gasteiger partial charge is 0.497 e. The molecule has 1 aromatic rings. The van der Waals surface area contributed by atoms with Crippen LogP contribution in [0.3, 0.4) is 0 Å². The van der Waals surface area contributed by atoms with E-state index in [9.17, 15) is 4.79 Å². The molecule has 0 heterocycles. The minimum absolute atomic E-state index is 0.0515. The maximum atomic E-state index is 11.2. The maximum absolute atomic E-state index is 11.2. The Morgan fingerprint density at radius 2 is 1.88 bits per heavy atom. The first kappa shape index (κ1) is 12.8. The Morgan fingerprint density at radius 3 is 2.38 bits per heavy atom. The highest BCUT2D eigenvalue weighted by molar-refractivity contribution is 6.56. The van der Waals surface area contributed by atoms with Crippen molar-refractivity contribution in [1.29, 1.82) is 0 Å². The molecule has 4 heteroatoms. The first-order chi connectivity index (χ1) is 7.61. The minimum Gasteiger partial charge on any atom is -0.497 e. The summed E-state index contributed by atoms with van der Waals surface area (Å²) in [7, 11) is 1.60. The number of methoxy groups -OCH3 is 1. The van der Waals surface area contributed by atoms with Gasteiger partial charge in [-0.25, -0.2) is 0 Å². The van der Waals surface area contributed by atoms with Crippen LogP contribution in [0.5, 0.6) is 5.75 Å². The van der Waals surface area contributed by atoms with Crippen LogP contribution in [0.4, 0.5) is 0 Å². The summed E-state index contributed by atoms with van der Waals surface area (Å²) in [5, 5.41) is 0. The van der Waals surface area contributed by atoms with Gasteiger partial charge >= 0.3 is 0 Å². The number of benzene rings is 1. The molecule has 0 saturated carbocycles. The Balaban J connectivity index is 2.69. The Bertz CT molecular complexity index is 415. The highest BCUT2D eigenvalue weighted by atomic mass is 35.5. The third-order valence-electron chi connectivity index (χ3n) is 1.81. The lowest BCUT2D eigenvalue weighted by Gasteiger charge is -1.98. The number of halogens is 2. The van der Waals surface area contributed by atoms with Crippen molar-refractivity contribution in [3.05, 3.63) is 46.5 Å². The zero-order valence-corrected chi connectivity index (χ0v) is 10.1. The molecule has 2 nitrogen and oxygen atoms in total. The van der Waals surface area contributed by atoms with Gasteiger partial charge in [0.05, 0.1) is 7.11 Å². The molecular formula is C12H10Cl2O2. The van der Waals surface area contributed by atoms with Crippen LogP contribution in [0.2, 0.25) is 0 Å². The molecule has 0 fully saturated rings. The van der Waals surface area contributed by atoms with Crippen molar-refractivity contribution < 1.29 is 9.53 Å². The van der Waals surface area contributed by atoms with E-state index in [0.717, 1.165) is 17.4 Å². The maximum Gasteiger partial charge on any atom is 0.181 e. The van der Waals surface area contributed by atoms with E-state index in [1.165, 1.54) is 6.08 Å². The standard InChI is InChI=1S/C12H10Cl2O2/c1-16-11-6-3-9(4-7-11)2-5-10(15)8-12(13)14/h2-8H,1H3/b5-2+. The topological polar surface area (TPSA) is 26.3 Å². The van der Waals surface area contributed by atoms with Gasteiger partial charge in [-0.3, -0.25) is 4.79 Å². The molecule has 84 valence electrons. The molecule has 0 aliphatic rings. The average Bonchev–Trinajstić information content (AvgIpc) is 2.26. The molecule has 0 aromatic heterocycles. The second kappa shape index (κ2) is 6.36. The van der Waals surface area contributed by atoms with Gasteiger partial charge in [0.1, 0.15) is 10.2 Å². The number of ketones is 1. The zero-order chi connectivity index (χ0) is 12.0. The lowest BCUT2D eigenvalue weighted by molar-refractivity contribution is -0.110. The molecule has 1 aromatic carbocycles. The second-order valence-corrected chi connectivity index (χ2v) is 3.95. The van der Waals surface area contributed by atoms with Crippen molar-refractivity contribution in [3.63, 3.8) is 0 Å². The van der Waals surface area contributed by atoms with Crippen molar-refractivity contribution in [2.24, 2.45) is 0 Å². The summed E-state index contributed by atoms with van der Waals surface area (Å²) < 4.78 is 4.96. The smallest absolute Gasteiger partial charge is 0.181 e. The van der Waals surface area contributed by atoms with Crippen LogP contribution >= 0.6 is 23.2 Å². The number of hydrogen-bond donors (Lipinski definition) is 0. The summed E-state index contributed by atoms with van der Waals surface area (Å²) in [6, 6.07) is 7.31. The summed E-state index contributed by atoms with van der Waals surface area (Å²) in [6.07, 6.45) is 4.21. The highest BCUT2D eigenvalue weighted by Crippen LogP contribution is 2.12. The molecule has 0 N–H and O–H groups in total. The Kier molecular flexibility index (Phi) is 5.09. The number of allylic oxidation sites excluding steroid dienone is 2. The van der Waals surface area contributed by atoms with Crippen LogP contribution in [-0.2, 0) is 4.79 Å². The fraction of sp³-hybridized carbons (Fsp3) is 0.0833. The predicted octanol–water partition coefficient (Wildman–Crippen LogP) is 3.60. The quantitative estimate of drug-likeness (QED) is 0.770. The summed E-state index contributed by atoms with van der Waals surface area (Å²) in [5.41, 5.74) is 0.897. The van der Waals surface area contributed by atoms with Crippen LogP contribution in [0, 0.1) is 0 Å². The van der Waals surface area contributed by atoms with Gasteiger partial charge in [0.25, 0.3) is 0 Å². The molecule has 0 atom stereocenters. The molecule has 0 unspecified atom stereocenters. The monoisotopic (exact) mass is 256 g/mol. The normalized spacial score (nSPS) is 10.2. The summed E-state index contributed by atoms with van der Waals surface area (Å²) >= 11 is 10.7. The lowest BCUT2D eigenvalue weighted by atomic mass is 10.2. The average molecular weight is 257 g/mol. The Labute approximate surface area is 104 Å². The van der Waals surface area contributed by atoms with E-state index in [1.54, 1.807) is 13.2 Å². The van der Waals surface area contributed by atoms with Crippen molar-refractivity contribution in [2.75, 3.05) is 7.11 Å². The third kappa shape index (κ3) is 4.51. The van der Waals surface area contributed by atoms with Gasteiger partial charge in [-0.2, -0.15) is 0 Å². The van der Waals surface area contributed by atoms with E-state index in [4.69, 9.17) is 27.9 Å². The molecule has 0 aliphatic heterocycles. The van der Waals surface area contributed by atoms with E-state index in [2.05, 4.69) is 0 Å². The number of hydrogen-bond acceptors (Lipinski definition) is 2. The van der Waals surface area contributed by atoms with Crippen LogP contribution in [-0.4, -0.2) is 12.9 Å². The fourth-order valence-electron chi connectivity index (χ4n) is 1.05. The van der Waals surface area contributed by atoms with Crippen LogP contribution in [0.1, 0.15) is 5.56 Å². The lowest BCUT2D eigenvalue weighted by Crippen LogP contribution is -1.85. The summed E-state index contributed by atoms with van der Waals surface area (Å²) in [6.45, 7) is 0. The van der Waals surface area contributed by atoms with Gasteiger partial charge in [0, 0.05) is 6.08 Å². The van der Waals surface area contributed by atoms with Gasteiger partial charge in [-0.05, 0) is 23.8 Å². The first-order valence-electron chi connectivity index (χ1n) is 4.50. The van der Waals surface area contributed by atoms with E-state index in [1.807, 2.05) is 24.3 Å². The van der Waals surface area contributed by atoms with E-state index < -0.39 is 0 Å². The number of carbonyl (C=O) groups excluding carboxylic acids is 1. The molecule has 0 bridgehead atoms. The number of carbonyl (C=O) groups is 1. The van der Waals surface area contributed by atoms with Gasteiger partial charge < -0.3 is 4.74 Å². The van der Waals surface area contributed by atoms with E-state index >= 15 is 0 Å². The molecule has 0 aliphatic carbocycles. The molecule has 0 radical (unpaired) electrons. The zero-order valence-electron chi connectivity index (χ0n) is 8.61. The molecular weight excluding hydrogens is 247 g/mol. The van der Waals surface area contributed by atoms with Crippen LogP contribution in [0.25, 0.3) is 6.08 Å². The van der Waals surface area contributed by atoms with Crippen molar-refractivity contribution >= 4 is 35.1 Å². The number of ether oxygens (including phenoxy) is 1. The van der Waals surface area contributed by atoms with Crippen LogP contribution < -0.4 is 4.74 Å². The van der Waals surface area contributed by atoms with E-state index in [-0.39, 0.29) is 10.3 Å². The molecule has 0 amide bonds. The molecule has 0 saturated heterocycles. The first-order valence-corrected chi connectivity index (χ1v) is 5.26.